The number of ether oxygens (including phenoxy) is 2. The van der Waals surface area contributed by atoms with Crippen molar-refractivity contribution >= 4 is 24.1 Å². The van der Waals surface area contributed by atoms with E-state index in [2.05, 4.69) is 36.6 Å². The number of rotatable bonds is 4. The summed E-state index contributed by atoms with van der Waals surface area (Å²) in [6, 6.07) is 6.31. The summed E-state index contributed by atoms with van der Waals surface area (Å²) in [5.41, 5.74) is 1.03. The summed E-state index contributed by atoms with van der Waals surface area (Å²) in [5.74, 6) is 1.73. The van der Waals surface area contributed by atoms with Crippen molar-refractivity contribution < 1.29 is 14.3 Å². The second-order valence-corrected chi connectivity index (χ2v) is 8.72. The molecule has 2 amide bonds. The van der Waals surface area contributed by atoms with Gasteiger partial charge in [-0.15, -0.1) is 12.4 Å². The number of para-hydroxylation sites is 1. The molecule has 0 aliphatic carbocycles. The number of fused-ring (bicyclic) bond motifs is 1. The lowest BCUT2D eigenvalue weighted by molar-refractivity contribution is 0.150. The maximum Gasteiger partial charge on any atom is 0.320 e. The molecule has 3 heterocycles. The molecule has 29 heavy (non-hydrogen) atoms. The number of anilines is 1. The minimum absolute atomic E-state index is 0. The van der Waals surface area contributed by atoms with Crippen molar-refractivity contribution in [2.45, 2.75) is 26.3 Å². The van der Waals surface area contributed by atoms with Gasteiger partial charge in [-0.3, -0.25) is 4.90 Å². The highest BCUT2D eigenvalue weighted by molar-refractivity contribution is 5.85. The van der Waals surface area contributed by atoms with E-state index >= 15 is 0 Å². The fraction of sp³-hybridized carbons (Fsp3) is 0.667. The third-order valence-electron chi connectivity index (χ3n) is 5.85. The van der Waals surface area contributed by atoms with E-state index < -0.39 is 0 Å². The smallest absolute Gasteiger partial charge is 0.320 e. The van der Waals surface area contributed by atoms with Gasteiger partial charge in [0.2, 0.25) is 0 Å². The summed E-state index contributed by atoms with van der Waals surface area (Å²) < 4.78 is 11.6. The predicted molar refractivity (Wildman–Crippen MR) is 117 cm³/mol. The average molecular weight is 425 g/mol. The Morgan fingerprint density at radius 3 is 2.34 bits per heavy atom. The zero-order valence-corrected chi connectivity index (χ0v) is 18.5. The molecule has 0 radical (unpaired) electrons. The third-order valence-corrected chi connectivity index (χ3v) is 5.85. The van der Waals surface area contributed by atoms with Gasteiger partial charge in [0.1, 0.15) is 13.2 Å². The minimum atomic E-state index is -0.0991. The van der Waals surface area contributed by atoms with Gasteiger partial charge in [-0.1, -0.05) is 6.07 Å². The Morgan fingerprint density at radius 1 is 0.931 bits per heavy atom. The second-order valence-electron chi connectivity index (χ2n) is 8.72. The van der Waals surface area contributed by atoms with Crippen molar-refractivity contribution in [2.24, 2.45) is 0 Å². The molecule has 0 atom stereocenters. The van der Waals surface area contributed by atoms with Crippen LogP contribution in [0.15, 0.2) is 18.2 Å². The summed E-state index contributed by atoms with van der Waals surface area (Å²) in [6.45, 7) is 14.9. The van der Waals surface area contributed by atoms with Crippen LogP contribution in [0.2, 0.25) is 0 Å². The van der Waals surface area contributed by atoms with E-state index in [1.165, 1.54) is 0 Å². The van der Waals surface area contributed by atoms with Crippen LogP contribution in [0.3, 0.4) is 0 Å². The zero-order chi connectivity index (χ0) is 19.7. The highest BCUT2D eigenvalue weighted by Gasteiger charge is 2.35. The molecule has 1 aromatic carbocycles. The first-order chi connectivity index (χ1) is 13.4. The quantitative estimate of drug-likeness (QED) is 0.743. The van der Waals surface area contributed by atoms with E-state index in [1.54, 1.807) is 0 Å². The Balaban J connectivity index is 0.00000240. The minimum Gasteiger partial charge on any atom is -0.486 e. The number of carbonyl (C=O) groups is 1. The highest BCUT2D eigenvalue weighted by Crippen LogP contribution is 2.39. The van der Waals surface area contributed by atoms with Crippen molar-refractivity contribution in [1.29, 1.82) is 0 Å². The molecule has 3 aliphatic rings. The standard InChI is InChI=1S/C21H32N4O3.ClH/c1-21(2,3)25-14-13-24(20(25)26)12-9-22-7-10-23(11-8-22)17-5-4-6-18-19(17)28-16-15-27-18;/h4-6H,7-16H2,1-3H3;1H. The lowest BCUT2D eigenvalue weighted by atomic mass is 10.1. The lowest BCUT2D eigenvalue weighted by Gasteiger charge is -2.38. The number of amides is 2. The van der Waals surface area contributed by atoms with E-state index in [9.17, 15) is 4.79 Å². The summed E-state index contributed by atoms with van der Waals surface area (Å²) >= 11 is 0. The van der Waals surface area contributed by atoms with Gasteiger partial charge >= 0.3 is 6.03 Å². The van der Waals surface area contributed by atoms with Crippen LogP contribution >= 0.6 is 12.4 Å². The van der Waals surface area contributed by atoms with Gasteiger partial charge in [0.25, 0.3) is 0 Å². The van der Waals surface area contributed by atoms with Crippen LogP contribution in [0.4, 0.5) is 10.5 Å². The molecule has 2 saturated heterocycles. The fourth-order valence-corrected chi connectivity index (χ4v) is 4.19. The SMILES string of the molecule is CC(C)(C)N1CCN(CCN2CCN(c3cccc4c3OCCO4)CC2)C1=O.Cl. The molecule has 0 unspecified atom stereocenters. The summed E-state index contributed by atoms with van der Waals surface area (Å²) in [5, 5.41) is 0. The molecule has 0 spiro atoms. The van der Waals surface area contributed by atoms with Crippen LogP contribution in [0.25, 0.3) is 0 Å². The van der Waals surface area contributed by atoms with Crippen LogP contribution in [0, 0.1) is 0 Å². The number of piperazine rings is 1. The van der Waals surface area contributed by atoms with Crippen molar-refractivity contribution in [3.05, 3.63) is 18.2 Å². The van der Waals surface area contributed by atoms with Crippen LogP contribution < -0.4 is 14.4 Å². The monoisotopic (exact) mass is 424 g/mol. The topological polar surface area (TPSA) is 48.5 Å². The summed E-state index contributed by atoms with van der Waals surface area (Å²) in [6.07, 6.45) is 0. The number of carbonyl (C=O) groups excluding carboxylic acids is 1. The molecule has 0 aromatic heterocycles. The lowest BCUT2D eigenvalue weighted by Crippen LogP contribution is -2.49. The number of nitrogens with zero attached hydrogens (tertiary/aromatic N) is 4. The second kappa shape index (κ2) is 8.88. The van der Waals surface area contributed by atoms with Crippen LogP contribution in [0.1, 0.15) is 20.8 Å². The number of halogens is 1. The first-order valence-electron chi connectivity index (χ1n) is 10.4. The molecule has 0 N–H and O–H groups in total. The zero-order valence-electron chi connectivity index (χ0n) is 17.7. The van der Waals surface area contributed by atoms with Crippen molar-refractivity contribution in [3.8, 4) is 11.5 Å². The molecule has 3 aliphatic heterocycles. The Bertz CT molecular complexity index is 716. The van der Waals surface area contributed by atoms with Gasteiger partial charge in [-0.25, -0.2) is 4.79 Å². The van der Waals surface area contributed by atoms with Gasteiger partial charge in [0.05, 0.1) is 5.69 Å². The Kier molecular flexibility index (Phi) is 6.69. The average Bonchev–Trinajstić information content (AvgIpc) is 3.07. The molecule has 1 aromatic rings. The van der Waals surface area contributed by atoms with E-state index in [-0.39, 0.29) is 24.0 Å². The molecule has 162 valence electrons. The van der Waals surface area contributed by atoms with E-state index in [1.807, 2.05) is 21.9 Å². The molecule has 0 saturated carbocycles. The van der Waals surface area contributed by atoms with Gasteiger partial charge in [-0.2, -0.15) is 0 Å². The maximum atomic E-state index is 12.6. The van der Waals surface area contributed by atoms with E-state index in [0.717, 1.165) is 69.5 Å². The Hall–Kier alpha value is -1.86. The van der Waals surface area contributed by atoms with Crippen LogP contribution in [-0.4, -0.2) is 91.8 Å². The number of hydrogen-bond acceptors (Lipinski definition) is 5. The molecular formula is C21H33ClN4O3. The van der Waals surface area contributed by atoms with E-state index in [4.69, 9.17) is 9.47 Å². The highest BCUT2D eigenvalue weighted by atomic mass is 35.5. The van der Waals surface area contributed by atoms with Gasteiger partial charge in [0, 0.05) is 57.9 Å². The first kappa shape index (κ1) is 21.8. The first-order valence-corrected chi connectivity index (χ1v) is 10.4. The summed E-state index contributed by atoms with van der Waals surface area (Å²) in [7, 11) is 0. The Labute approximate surface area is 179 Å². The predicted octanol–water partition coefficient (Wildman–Crippen LogP) is 2.54. The largest absolute Gasteiger partial charge is 0.486 e. The Morgan fingerprint density at radius 2 is 1.66 bits per heavy atom. The number of benzene rings is 1. The molecule has 7 nitrogen and oxygen atoms in total. The van der Waals surface area contributed by atoms with Gasteiger partial charge in [0.15, 0.2) is 11.5 Å². The van der Waals surface area contributed by atoms with Crippen molar-refractivity contribution in [2.75, 3.05) is 70.5 Å². The normalized spacial score (nSPS) is 20.1. The molecule has 8 heteroatoms. The molecule has 0 bridgehead atoms. The summed E-state index contributed by atoms with van der Waals surface area (Å²) in [4.78, 5) is 21.4. The van der Waals surface area contributed by atoms with Gasteiger partial charge in [-0.05, 0) is 32.9 Å². The van der Waals surface area contributed by atoms with Crippen LogP contribution in [0.5, 0.6) is 11.5 Å². The van der Waals surface area contributed by atoms with Crippen molar-refractivity contribution in [1.82, 2.24) is 14.7 Å². The van der Waals surface area contributed by atoms with Gasteiger partial charge < -0.3 is 24.2 Å². The molecule has 4 rings (SSSR count). The molecular weight excluding hydrogens is 392 g/mol. The van der Waals surface area contributed by atoms with Crippen molar-refractivity contribution in [3.63, 3.8) is 0 Å². The van der Waals surface area contributed by atoms with Crippen LogP contribution in [-0.2, 0) is 0 Å². The maximum absolute atomic E-state index is 12.6. The number of urea groups is 1. The molecule has 2 fully saturated rings. The fourth-order valence-electron chi connectivity index (χ4n) is 4.19. The number of hydrogen-bond donors (Lipinski definition) is 0. The third kappa shape index (κ3) is 4.67. The van der Waals surface area contributed by atoms with E-state index in [0.29, 0.717) is 13.2 Å².